The van der Waals surface area contributed by atoms with Gasteiger partial charge >= 0.3 is 0 Å². The Hall–Kier alpha value is -2.82. The maximum absolute atomic E-state index is 12.9. The second-order valence-corrected chi connectivity index (χ2v) is 4.91. The third-order valence-corrected chi connectivity index (χ3v) is 3.64. The lowest BCUT2D eigenvalue weighted by Gasteiger charge is -2.12. The van der Waals surface area contributed by atoms with Gasteiger partial charge in [0.1, 0.15) is 0 Å². The van der Waals surface area contributed by atoms with Crippen LogP contribution in [-0.4, -0.2) is 24.0 Å². The summed E-state index contributed by atoms with van der Waals surface area (Å²) in [5, 5.41) is 5.45. The first kappa shape index (κ1) is 14.1. The first-order chi connectivity index (χ1) is 10.7. The van der Waals surface area contributed by atoms with Crippen molar-refractivity contribution in [2.45, 2.75) is 6.92 Å². The number of benzene rings is 2. The van der Waals surface area contributed by atoms with Gasteiger partial charge in [-0.05, 0) is 30.7 Å². The minimum atomic E-state index is -0.234. The van der Waals surface area contributed by atoms with Crippen LogP contribution in [0.5, 0.6) is 11.5 Å². The van der Waals surface area contributed by atoms with Crippen molar-refractivity contribution in [1.29, 1.82) is 0 Å². The Labute approximate surface area is 127 Å². The fraction of sp³-hybridized carbons (Fsp3) is 0.176. The minimum Gasteiger partial charge on any atom is -0.493 e. The van der Waals surface area contributed by atoms with E-state index in [2.05, 4.69) is 5.10 Å². The predicted molar refractivity (Wildman–Crippen MR) is 85.2 cm³/mol. The van der Waals surface area contributed by atoms with Crippen molar-refractivity contribution in [3.05, 3.63) is 58.5 Å². The Bertz CT molecular complexity index is 900. The number of hydrogen-bond donors (Lipinski definition) is 0. The van der Waals surface area contributed by atoms with E-state index in [9.17, 15) is 4.79 Å². The molecule has 1 heterocycles. The lowest BCUT2D eigenvalue weighted by atomic mass is 10.1. The molecule has 0 unspecified atom stereocenters. The number of hydrogen-bond acceptors (Lipinski definition) is 4. The molecule has 0 aliphatic heterocycles. The van der Waals surface area contributed by atoms with Crippen LogP contribution < -0.4 is 15.0 Å². The number of fused-ring (bicyclic) bond motifs is 1. The summed E-state index contributed by atoms with van der Waals surface area (Å²) in [6.45, 7) is 1.94. The molecule has 3 rings (SSSR count). The number of ether oxygens (including phenoxy) is 2. The fourth-order valence-corrected chi connectivity index (χ4v) is 2.52. The zero-order chi connectivity index (χ0) is 15.7. The van der Waals surface area contributed by atoms with Crippen LogP contribution in [-0.2, 0) is 0 Å². The first-order valence-electron chi connectivity index (χ1n) is 6.86. The van der Waals surface area contributed by atoms with Gasteiger partial charge in [0.25, 0.3) is 5.56 Å². The van der Waals surface area contributed by atoms with Gasteiger partial charge in [-0.15, -0.1) is 0 Å². The van der Waals surface area contributed by atoms with Crippen LogP contribution >= 0.6 is 0 Å². The summed E-state index contributed by atoms with van der Waals surface area (Å²) in [5.41, 5.74) is 1.49. The maximum Gasteiger partial charge on any atom is 0.283 e. The molecule has 0 spiro atoms. The topological polar surface area (TPSA) is 53.4 Å². The molecular weight excluding hydrogens is 280 g/mol. The molecule has 0 amide bonds. The van der Waals surface area contributed by atoms with Gasteiger partial charge in [0.15, 0.2) is 11.5 Å². The van der Waals surface area contributed by atoms with Gasteiger partial charge in [-0.2, -0.15) is 9.78 Å². The fourth-order valence-electron chi connectivity index (χ4n) is 2.52. The zero-order valence-electron chi connectivity index (χ0n) is 12.7. The number of methoxy groups -OCH3 is 2. The molecule has 22 heavy (non-hydrogen) atoms. The van der Waals surface area contributed by atoms with Crippen LogP contribution in [0.1, 0.15) is 5.56 Å². The summed E-state index contributed by atoms with van der Waals surface area (Å²) < 4.78 is 12.0. The van der Waals surface area contributed by atoms with E-state index in [1.165, 1.54) is 11.8 Å². The predicted octanol–water partition coefficient (Wildman–Crippen LogP) is 2.71. The molecule has 0 fully saturated rings. The van der Waals surface area contributed by atoms with Gasteiger partial charge in [0.05, 0.1) is 31.5 Å². The van der Waals surface area contributed by atoms with E-state index in [0.717, 1.165) is 11.3 Å². The summed E-state index contributed by atoms with van der Waals surface area (Å²) in [7, 11) is 3.07. The Morgan fingerprint density at radius 2 is 1.82 bits per heavy atom. The highest BCUT2D eigenvalue weighted by molar-refractivity contribution is 5.89. The summed E-state index contributed by atoms with van der Waals surface area (Å²) in [6.07, 6.45) is 1.66. The SMILES string of the molecule is COc1ccc2cnn(-c3ccccc3C)c(=O)c2c1OC. The third-order valence-electron chi connectivity index (χ3n) is 3.64. The van der Waals surface area contributed by atoms with Gasteiger partial charge in [-0.25, -0.2) is 0 Å². The standard InChI is InChI=1S/C17H16N2O3/c1-11-6-4-5-7-13(11)19-17(20)15-12(10-18-19)8-9-14(21-2)16(15)22-3/h4-10H,1-3H3. The molecule has 0 bridgehead atoms. The zero-order valence-corrected chi connectivity index (χ0v) is 12.7. The van der Waals surface area contributed by atoms with Gasteiger partial charge in [0, 0.05) is 5.39 Å². The second-order valence-electron chi connectivity index (χ2n) is 4.91. The molecule has 5 nitrogen and oxygen atoms in total. The molecular formula is C17H16N2O3. The van der Waals surface area contributed by atoms with Crippen molar-refractivity contribution >= 4 is 10.8 Å². The third kappa shape index (κ3) is 2.11. The van der Waals surface area contributed by atoms with E-state index in [-0.39, 0.29) is 5.56 Å². The molecule has 0 saturated carbocycles. The Morgan fingerprint density at radius 1 is 1.05 bits per heavy atom. The van der Waals surface area contributed by atoms with E-state index in [4.69, 9.17) is 9.47 Å². The Morgan fingerprint density at radius 3 is 2.50 bits per heavy atom. The first-order valence-corrected chi connectivity index (χ1v) is 6.86. The summed E-state index contributed by atoms with van der Waals surface area (Å²) in [6, 6.07) is 11.2. The van der Waals surface area contributed by atoms with E-state index in [1.807, 2.05) is 31.2 Å². The monoisotopic (exact) mass is 296 g/mol. The number of aromatic nitrogens is 2. The van der Waals surface area contributed by atoms with Gasteiger partial charge in [-0.3, -0.25) is 4.79 Å². The van der Waals surface area contributed by atoms with Crippen molar-refractivity contribution in [1.82, 2.24) is 9.78 Å². The van der Waals surface area contributed by atoms with Crippen LogP contribution in [0.15, 0.2) is 47.4 Å². The largest absolute Gasteiger partial charge is 0.493 e. The highest BCUT2D eigenvalue weighted by Gasteiger charge is 2.15. The molecule has 5 heteroatoms. The van der Waals surface area contributed by atoms with Gasteiger partial charge in [0.2, 0.25) is 0 Å². The van der Waals surface area contributed by atoms with Crippen LogP contribution in [0.25, 0.3) is 16.5 Å². The van der Waals surface area contributed by atoms with Crippen LogP contribution in [0, 0.1) is 6.92 Å². The number of rotatable bonds is 3. The highest BCUT2D eigenvalue weighted by Crippen LogP contribution is 2.33. The van der Waals surface area contributed by atoms with Crippen molar-refractivity contribution in [2.75, 3.05) is 14.2 Å². The second kappa shape index (κ2) is 5.52. The van der Waals surface area contributed by atoms with Crippen LogP contribution in [0.2, 0.25) is 0 Å². The Kier molecular flexibility index (Phi) is 3.55. The normalized spacial score (nSPS) is 10.7. The van der Waals surface area contributed by atoms with E-state index >= 15 is 0 Å². The van der Waals surface area contributed by atoms with E-state index in [1.54, 1.807) is 25.4 Å². The quantitative estimate of drug-likeness (QED) is 0.745. The molecule has 2 aromatic carbocycles. The molecule has 0 aliphatic rings. The van der Waals surface area contributed by atoms with Crippen molar-refractivity contribution in [3.8, 4) is 17.2 Å². The Balaban J connectivity index is 2.39. The molecule has 0 radical (unpaired) electrons. The summed E-state index contributed by atoms with van der Waals surface area (Å²) >= 11 is 0. The summed E-state index contributed by atoms with van der Waals surface area (Å²) in [4.78, 5) is 12.9. The molecule has 0 atom stereocenters. The average Bonchev–Trinajstić information content (AvgIpc) is 2.55. The molecule has 112 valence electrons. The van der Waals surface area contributed by atoms with Gasteiger partial charge < -0.3 is 9.47 Å². The molecule has 0 aliphatic carbocycles. The van der Waals surface area contributed by atoms with Crippen LogP contribution in [0.3, 0.4) is 0 Å². The van der Waals surface area contributed by atoms with Crippen molar-refractivity contribution in [3.63, 3.8) is 0 Å². The number of aryl methyl sites for hydroxylation is 1. The van der Waals surface area contributed by atoms with E-state index in [0.29, 0.717) is 22.3 Å². The number of para-hydroxylation sites is 1. The average molecular weight is 296 g/mol. The van der Waals surface area contributed by atoms with E-state index < -0.39 is 0 Å². The minimum absolute atomic E-state index is 0.234. The molecule has 1 aromatic heterocycles. The highest BCUT2D eigenvalue weighted by atomic mass is 16.5. The summed E-state index contributed by atoms with van der Waals surface area (Å²) in [5.74, 6) is 0.948. The smallest absolute Gasteiger partial charge is 0.283 e. The molecule has 0 N–H and O–H groups in total. The number of nitrogens with zero attached hydrogens (tertiary/aromatic N) is 2. The van der Waals surface area contributed by atoms with Gasteiger partial charge in [-0.1, -0.05) is 18.2 Å². The maximum atomic E-state index is 12.9. The van der Waals surface area contributed by atoms with Crippen molar-refractivity contribution in [2.24, 2.45) is 0 Å². The van der Waals surface area contributed by atoms with Crippen molar-refractivity contribution < 1.29 is 9.47 Å². The molecule has 0 saturated heterocycles. The lowest BCUT2D eigenvalue weighted by Crippen LogP contribution is -2.22. The lowest BCUT2D eigenvalue weighted by molar-refractivity contribution is 0.358. The van der Waals surface area contributed by atoms with Crippen LogP contribution in [0.4, 0.5) is 0 Å². The molecule has 3 aromatic rings.